The van der Waals surface area contributed by atoms with E-state index in [1.54, 1.807) is 4.90 Å². The lowest BCUT2D eigenvalue weighted by molar-refractivity contribution is -0.139. The van der Waals surface area contributed by atoms with Crippen molar-refractivity contribution in [2.45, 2.75) is 50.3 Å². The number of halogens is 1. The third-order valence-electron chi connectivity index (χ3n) is 10.5. The van der Waals surface area contributed by atoms with Crippen molar-refractivity contribution in [3.05, 3.63) is 161 Å². The summed E-state index contributed by atoms with van der Waals surface area (Å²) in [6.45, 7) is 2.28. The number of hydrogen-bond donors (Lipinski definition) is 0. The van der Waals surface area contributed by atoms with Gasteiger partial charge in [0, 0.05) is 35.3 Å². The molecule has 5 aromatic carbocycles. The molecule has 0 spiro atoms. The Morgan fingerprint density at radius 1 is 0.706 bits per heavy atom. The van der Waals surface area contributed by atoms with E-state index in [4.69, 9.17) is 16.3 Å². The van der Waals surface area contributed by atoms with Crippen LogP contribution in [-0.4, -0.2) is 54.0 Å². The number of carbonyl (C=O) groups excluding carboxylic acids is 2. The molecule has 51 heavy (non-hydrogen) atoms. The van der Waals surface area contributed by atoms with Crippen molar-refractivity contribution >= 4 is 46.6 Å². The summed E-state index contributed by atoms with van der Waals surface area (Å²) in [5, 5.41) is 4.32. The van der Waals surface area contributed by atoms with E-state index in [0.717, 1.165) is 43.2 Å². The molecule has 1 saturated heterocycles. The Kier molecular flexibility index (Phi) is 11.4. The molecular weight excluding hydrogens is 671 g/mol. The molecule has 5 aromatic rings. The lowest BCUT2D eigenvalue weighted by Crippen LogP contribution is -2.52. The van der Waals surface area contributed by atoms with E-state index in [0.29, 0.717) is 43.1 Å². The molecule has 1 saturated carbocycles. The van der Waals surface area contributed by atoms with Gasteiger partial charge in [0.25, 0.3) is 11.8 Å². The van der Waals surface area contributed by atoms with Gasteiger partial charge in [-0.05, 0) is 73.0 Å². The molecular formula is C44H45ClN2O3P+. The van der Waals surface area contributed by atoms with E-state index in [-0.39, 0.29) is 17.9 Å². The zero-order chi connectivity index (χ0) is 35.0. The number of nitrogens with zero attached hydrogens (tertiary/aromatic N) is 2. The van der Waals surface area contributed by atoms with Crippen LogP contribution in [0.15, 0.2) is 140 Å². The number of morpholine rings is 1. The van der Waals surface area contributed by atoms with Crippen molar-refractivity contribution in [3.8, 4) is 0 Å². The summed E-state index contributed by atoms with van der Waals surface area (Å²) >= 11 is 6.52. The van der Waals surface area contributed by atoms with Gasteiger partial charge in [0.15, 0.2) is 0 Å². The SMILES string of the molecule is O=C(c1ccccc1C[P+](c1ccccc1)(c1ccccc1)c1ccccc1)N(C(=O)C(c1cccc(Cl)c1)N1CCOCC1)C1CCCCC1. The van der Waals surface area contributed by atoms with Crippen LogP contribution in [0.2, 0.25) is 5.02 Å². The van der Waals surface area contributed by atoms with Crippen molar-refractivity contribution in [3.63, 3.8) is 0 Å². The first-order valence-electron chi connectivity index (χ1n) is 18.1. The highest BCUT2D eigenvalue weighted by atomic mass is 35.5. The molecule has 7 heteroatoms. The van der Waals surface area contributed by atoms with Crippen LogP contribution < -0.4 is 15.9 Å². The van der Waals surface area contributed by atoms with E-state index >= 15 is 9.59 Å². The third-order valence-corrected chi connectivity index (χ3v) is 15.0. The van der Waals surface area contributed by atoms with E-state index in [2.05, 4.69) is 102 Å². The van der Waals surface area contributed by atoms with Gasteiger partial charge in [0.05, 0.1) is 19.4 Å². The van der Waals surface area contributed by atoms with E-state index in [1.807, 2.05) is 42.5 Å². The third kappa shape index (κ3) is 7.59. The van der Waals surface area contributed by atoms with E-state index in [9.17, 15) is 0 Å². The van der Waals surface area contributed by atoms with Crippen LogP contribution in [0.4, 0.5) is 0 Å². The minimum atomic E-state index is -2.31. The summed E-state index contributed by atoms with van der Waals surface area (Å²) in [5.74, 6) is -0.392. The van der Waals surface area contributed by atoms with Crippen LogP contribution in [0.5, 0.6) is 0 Å². The lowest BCUT2D eigenvalue weighted by atomic mass is 9.92. The molecule has 5 nitrogen and oxygen atoms in total. The Labute approximate surface area is 307 Å². The molecule has 1 heterocycles. The molecule has 0 bridgehead atoms. The number of hydrogen-bond acceptors (Lipinski definition) is 4. The maximum atomic E-state index is 15.3. The maximum Gasteiger partial charge on any atom is 0.261 e. The van der Waals surface area contributed by atoms with Gasteiger partial charge in [-0.15, -0.1) is 0 Å². The fraction of sp³-hybridized carbons (Fsp3) is 0.273. The highest BCUT2D eigenvalue weighted by molar-refractivity contribution is 7.95. The maximum absolute atomic E-state index is 15.3. The highest BCUT2D eigenvalue weighted by Crippen LogP contribution is 2.58. The van der Waals surface area contributed by atoms with Gasteiger partial charge in [-0.3, -0.25) is 19.4 Å². The molecule has 2 fully saturated rings. The molecule has 2 aliphatic rings. The fourth-order valence-corrected chi connectivity index (χ4v) is 12.4. The number of amides is 2. The molecule has 7 rings (SSSR count). The predicted octanol–water partition coefficient (Wildman–Crippen LogP) is 8.21. The van der Waals surface area contributed by atoms with Gasteiger partial charge >= 0.3 is 0 Å². The Balaban J connectivity index is 1.36. The Hall–Kier alpha value is -4.12. The summed E-state index contributed by atoms with van der Waals surface area (Å²) < 4.78 is 5.70. The quantitative estimate of drug-likeness (QED) is 0.137. The minimum Gasteiger partial charge on any atom is -0.379 e. The van der Waals surface area contributed by atoms with Gasteiger partial charge in [-0.25, -0.2) is 0 Å². The smallest absolute Gasteiger partial charge is 0.261 e. The van der Waals surface area contributed by atoms with Gasteiger partial charge < -0.3 is 4.74 Å². The van der Waals surface area contributed by atoms with Crippen molar-refractivity contribution < 1.29 is 14.3 Å². The summed E-state index contributed by atoms with van der Waals surface area (Å²) in [5.41, 5.74) is 2.35. The van der Waals surface area contributed by atoms with Gasteiger partial charge in [-0.2, -0.15) is 0 Å². The Morgan fingerprint density at radius 2 is 1.25 bits per heavy atom. The number of rotatable bonds is 10. The predicted molar refractivity (Wildman–Crippen MR) is 210 cm³/mol. The molecule has 1 aliphatic carbocycles. The summed E-state index contributed by atoms with van der Waals surface area (Å²) in [6.07, 6.45) is 5.35. The first-order valence-corrected chi connectivity index (χ1v) is 20.5. The first-order chi connectivity index (χ1) is 25.1. The Morgan fingerprint density at radius 3 is 1.82 bits per heavy atom. The van der Waals surface area contributed by atoms with Crippen LogP contribution in [0.3, 0.4) is 0 Å². The zero-order valence-electron chi connectivity index (χ0n) is 28.9. The fourth-order valence-electron chi connectivity index (χ4n) is 7.96. The summed E-state index contributed by atoms with van der Waals surface area (Å²) in [6, 6.07) is 46.9. The molecule has 1 aliphatic heterocycles. The normalized spacial score (nSPS) is 16.3. The highest BCUT2D eigenvalue weighted by Gasteiger charge is 2.47. The van der Waals surface area contributed by atoms with Crippen LogP contribution in [0.25, 0.3) is 0 Å². The van der Waals surface area contributed by atoms with Crippen molar-refractivity contribution in [2.75, 3.05) is 26.3 Å². The zero-order valence-corrected chi connectivity index (χ0v) is 30.6. The monoisotopic (exact) mass is 715 g/mol. The van der Waals surface area contributed by atoms with Crippen molar-refractivity contribution in [1.82, 2.24) is 9.80 Å². The minimum absolute atomic E-state index is 0.175. The standard InChI is InChI=1S/C44H45ClN2O3P/c45-36-18-15-17-34(32-36)42(46-28-30-50-31-29-46)44(49)47(37-19-5-1-6-20-37)43(48)41-27-14-13-16-35(41)33-51(38-21-7-2-8-22-38,39-23-9-3-10-24-39)40-25-11-4-12-26-40/h2-4,7-18,21-27,32,37,42H,1,5-6,19-20,28-31,33H2/q+1. The number of ether oxygens (including phenoxy) is 1. The first kappa shape index (κ1) is 35.3. The summed E-state index contributed by atoms with van der Waals surface area (Å²) in [7, 11) is -2.31. The van der Waals surface area contributed by atoms with Crippen LogP contribution >= 0.6 is 18.9 Å². The van der Waals surface area contributed by atoms with Gasteiger partial charge in [-0.1, -0.05) is 116 Å². The molecule has 2 amide bonds. The largest absolute Gasteiger partial charge is 0.379 e. The van der Waals surface area contributed by atoms with Gasteiger partial charge in [0.2, 0.25) is 0 Å². The topological polar surface area (TPSA) is 49.9 Å². The van der Waals surface area contributed by atoms with Crippen LogP contribution in [0.1, 0.15) is 59.6 Å². The van der Waals surface area contributed by atoms with E-state index < -0.39 is 13.3 Å². The summed E-state index contributed by atoms with van der Waals surface area (Å²) in [4.78, 5) is 34.4. The lowest BCUT2D eigenvalue weighted by Gasteiger charge is -2.40. The van der Waals surface area contributed by atoms with Crippen molar-refractivity contribution in [2.24, 2.45) is 0 Å². The molecule has 260 valence electrons. The molecule has 1 unspecified atom stereocenters. The van der Waals surface area contributed by atoms with Gasteiger partial charge in [0.1, 0.15) is 29.2 Å². The molecule has 1 atom stereocenters. The second kappa shape index (κ2) is 16.5. The number of benzene rings is 5. The Bertz CT molecular complexity index is 1810. The number of carbonyl (C=O) groups is 2. The number of imide groups is 1. The molecule has 0 N–H and O–H groups in total. The van der Waals surface area contributed by atoms with Crippen LogP contribution in [0, 0.1) is 0 Å². The molecule has 0 aromatic heterocycles. The second-order valence-electron chi connectivity index (χ2n) is 13.5. The van der Waals surface area contributed by atoms with E-state index in [1.165, 1.54) is 15.9 Å². The second-order valence-corrected chi connectivity index (χ2v) is 17.5. The average Bonchev–Trinajstić information content (AvgIpc) is 3.19. The van der Waals surface area contributed by atoms with Crippen LogP contribution in [-0.2, 0) is 15.7 Å². The average molecular weight is 716 g/mol. The molecule has 0 radical (unpaired) electrons. The van der Waals surface area contributed by atoms with Crippen molar-refractivity contribution in [1.29, 1.82) is 0 Å².